The van der Waals surface area contributed by atoms with Gasteiger partial charge in [-0.15, -0.1) is 0 Å². The first-order chi connectivity index (χ1) is 11.0. The van der Waals surface area contributed by atoms with Gasteiger partial charge in [0.25, 0.3) is 0 Å². The van der Waals surface area contributed by atoms with E-state index in [1.807, 2.05) is 6.07 Å². The van der Waals surface area contributed by atoms with Crippen molar-refractivity contribution in [1.82, 2.24) is 10.2 Å². The van der Waals surface area contributed by atoms with Crippen molar-refractivity contribution in [2.24, 2.45) is 10.9 Å². The third-order valence-corrected chi connectivity index (χ3v) is 4.49. The monoisotopic (exact) mass is 321 g/mol. The van der Waals surface area contributed by atoms with Gasteiger partial charge in [-0.1, -0.05) is 26.0 Å². The Morgan fingerprint density at radius 1 is 1.48 bits per heavy atom. The molecule has 23 heavy (non-hydrogen) atoms. The molecule has 1 saturated heterocycles. The molecule has 0 saturated carbocycles. The minimum absolute atomic E-state index is 0.177. The maximum absolute atomic E-state index is 13.5. The zero-order valence-electron chi connectivity index (χ0n) is 14.6. The average Bonchev–Trinajstić information content (AvgIpc) is 2.97. The van der Waals surface area contributed by atoms with E-state index in [9.17, 15) is 4.39 Å². The normalized spacial score (nSPS) is 19.3. The number of aliphatic imine (C=N–C) groups is 1. The zero-order valence-corrected chi connectivity index (χ0v) is 14.6. The van der Waals surface area contributed by atoms with E-state index in [0.29, 0.717) is 12.5 Å². The van der Waals surface area contributed by atoms with E-state index in [1.54, 1.807) is 26.3 Å². The summed E-state index contributed by atoms with van der Waals surface area (Å²) in [7, 11) is 3.55. The van der Waals surface area contributed by atoms with E-state index in [0.717, 1.165) is 37.6 Å². The third-order valence-electron chi connectivity index (χ3n) is 4.49. The van der Waals surface area contributed by atoms with Crippen molar-refractivity contribution in [3.8, 4) is 0 Å². The fourth-order valence-corrected chi connectivity index (χ4v) is 3.04. The van der Waals surface area contributed by atoms with Gasteiger partial charge in [0.2, 0.25) is 0 Å². The van der Waals surface area contributed by atoms with E-state index in [2.05, 4.69) is 29.1 Å². The summed E-state index contributed by atoms with van der Waals surface area (Å²) in [6, 6.07) is 6.82. The van der Waals surface area contributed by atoms with Crippen molar-refractivity contribution < 1.29 is 9.13 Å². The molecule has 1 aromatic rings. The fourth-order valence-electron chi connectivity index (χ4n) is 3.04. The minimum Gasteiger partial charge on any atom is -0.384 e. The molecule has 1 N–H and O–H groups in total. The quantitative estimate of drug-likeness (QED) is 0.669. The van der Waals surface area contributed by atoms with Gasteiger partial charge < -0.3 is 15.0 Å². The molecule has 1 aromatic carbocycles. The lowest BCUT2D eigenvalue weighted by Crippen LogP contribution is -2.45. The Kier molecular flexibility index (Phi) is 5.99. The van der Waals surface area contributed by atoms with Crippen LogP contribution >= 0.6 is 0 Å². The molecule has 1 unspecified atom stereocenters. The van der Waals surface area contributed by atoms with E-state index in [4.69, 9.17) is 4.74 Å². The number of halogens is 1. The number of nitrogens with zero attached hydrogens (tertiary/aromatic N) is 2. The second kappa shape index (κ2) is 7.77. The summed E-state index contributed by atoms with van der Waals surface area (Å²) < 4.78 is 18.7. The van der Waals surface area contributed by atoms with Crippen LogP contribution in [0.2, 0.25) is 0 Å². The Morgan fingerprint density at radius 2 is 2.26 bits per heavy atom. The van der Waals surface area contributed by atoms with E-state index in [1.165, 1.54) is 6.07 Å². The number of guanidine groups is 1. The van der Waals surface area contributed by atoms with Crippen molar-refractivity contribution in [3.63, 3.8) is 0 Å². The van der Waals surface area contributed by atoms with E-state index < -0.39 is 0 Å². The van der Waals surface area contributed by atoms with Crippen LogP contribution in [0.1, 0.15) is 25.8 Å². The number of nitrogens with one attached hydrogen (secondary N) is 1. The average molecular weight is 321 g/mol. The summed E-state index contributed by atoms with van der Waals surface area (Å²) in [6.45, 7) is 7.68. The molecule has 4 nitrogen and oxygen atoms in total. The Morgan fingerprint density at radius 3 is 2.91 bits per heavy atom. The highest BCUT2D eigenvalue weighted by Crippen LogP contribution is 2.23. The number of rotatable bonds is 5. The standard InChI is InChI=1S/C18H28FN3O/c1-18(2,15-6-5-7-16(19)10-15)13-21-17(20-3)22-9-8-14(11-22)12-23-4/h5-7,10,14H,8-9,11-13H2,1-4H3,(H,20,21). The maximum atomic E-state index is 13.5. The Labute approximate surface area is 138 Å². The lowest BCUT2D eigenvalue weighted by atomic mass is 9.84. The number of hydrogen-bond acceptors (Lipinski definition) is 2. The second-order valence-electron chi connectivity index (χ2n) is 6.85. The van der Waals surface area contributed by atoms with Crippen molar-refractivity contribution in [3.05, 3.63) is 35.6 Å². The van der Waals surface area contributed by atoms with Gasteiger partial charge in [0, 0.05) is 45.1 Å². The summed E-state index contributed by atoms with van der Waals surface area (Å²) in [6.07, 6.45) is 1.13. The molecule has 1 fully saturated rings. The topological polar surface area (TPSA) is 36.9 Å². The highest BCUT2D eigenvalue weighted by atomic mass is 19.1. The number of methoxy groups -OCH3 is 1. The van der Waals surface area contributed by atoms with Crippen LogP contribution in [-0.2, 0) is 10.2 Å². The highest BCUT2D eigenvalue weighted by Gasteiger charge is 2.27. The van der Waals surface area contributed by atoms with Crippen molar-refractivity contribution in [1.29, 1.82) is 0 Å². The third kappa shape index (κ3) is 4.67. The van der Waals surface area contributed by atoms with Crippen LogP contribution in [-0.4, -0.2) is 51.3 Å². The molecular weight excluding hydrogens is 293 g/mol. The minimum atomic E-state index is -0.193. The molecule has 0 aliphatic carbocycles. The first-order valence-corrected chi connectivity index (χ1v) is 8.17. The van der Waals surface area contributed by atoms with Crippen LogP contribution in [0.25, 0.3) is 0 Å². The van der Waals surface area contributed by atoms with Gasteiger partial charge in [-0.3, -0.25) is 4.99 Å². The SMILES string of the molecule is CN=C(NCC(C)(C)c1cccc(F)c1)N1CCC(COC)C1. The van der Waals surface area contributed by atoms with Crippen LogP contribution < -0.4 is 5.32 Å². The first-order valence-electron chi connectivity index (χ1n) is 8.17. The van der Waals surface area contributed by atoms with Crippen LogP contribution in [0.5, 0.6) is 0 Å². The molecule has 0 bridgehead atoms. The van der Waals surface area contributed by atoms with E-state index in [-0.39, 0.29) is 11.2 Å². The fraction of sp³-hybridized carbons (Fsp3) is 0.611. The van der Waals surface area contributed by atoms with Gasteiger partial charge in [0.15, 0.2) is 5.96 Å². The molecule has 5 heteroatoms. The van der Waals surface area contributed by atoms with E-state index >= 15 is 0 Å². The van der Waals surface area contributed by atoms with Crippen LogP contribution in [0, 0.1) is 11.7 Å². The van der Waals surface area contributed by atoms with Crippen molar-refractivity contribution in [2.45, 2.75) is 25.7 Å². The van der Waals surface area contributed by atoms with Gasteiger partial charge in [0.05, 0.1) is 6.61 Å². The molecule has 1 heterocycles. The zero-order chi connectivity index (χ0) is 16.9. The lowest BCUT2D eigenvalue weighted by molar-refractivity contribution is 0.157. The Balaban J connectivity index is 1.95. The molecular formula is C18H28FN3O. The highest BCUT2D eigenvalue weighted by molar-refractivity contribution is 5.80. The van der Waals surface area contributed by atoms with Gasteiger partial charge >= 0.3 is 0 Å². The van der Waals surface area contributed by atoms with Gasteiger partial charge in [-0.25, -0.2) is 4.39 Å². The summed E-state index contributed by atoms with van der Waals surface area (Å²) in [4.78, 5) is 6.66. The molecule has 0 aromatic heterocycles. The number of benzene rings is 1. The molecule has 0 spiro atoms. The number of likely N-dealkylation sites (tertiary alicyclic amines) is 1. The molecule has 0 radical (unpaired) electrons. The second-order valence-corrected chi connectivity index (χ2v) is 6.85. The Bertz CT molecular complexity index is 545. The predicted octanol–water partition coefficient (Wildman–Crippen LogP) is 2.65. The van der Waals surface area contributed by atoms with Crippen molar-refractivity contribution >= 4 is 5.96 Å². The summed E-state index contributed by atoms with van der Waals surface area (Å²) in [5.41, 5.74) is 0.808. The molecule has 0 amide bonds. The summed E-state index contributed by atoms with van der Waals surface area (Å²) in [5.74, 6) is 1.28. The van der Waals surface area contributed by atoms with Crippen LogP contribution in [0.15, 0.2) is 29.3 Å². The lowest BCUT2D eigenvalue weighted by Gasteiger charge is -2.29. The van der Waals surface area contributed by atoms with Crippen LogP contribution in [0.3, 0.4) is 0 Å². The van der Waals surface area contributed by atoms with Gasteiger partial charge in [0.1, 0.15) is 5.82 Å². The first kappa shape index (κ1) is 17.7. The molecule has 1 atom stereocenters. The largest absolute Gasteiger partial charge is 0.384 e. The molecule has 128 valence electrons. The van der Waals surface area contributed by atoms with Gasteiger partial charge in [-0.05, 0) is 24.1 Å². The molecule has 1 aliphatic heterocycles. The number of hydrogen-bond donors (Lipinski definition) is 1. The number of ether oxygens (including phenoxy) is 1. The van der Waals surface area contributed by atoms with Gasteiger partial charge in [-0.2, -0.15) is 0 Å². The van der Waals surface area contributed by atoms with Crippen LogP contribution in [0.4, 0.5) is 4.39 Å². The Hall–Kier alpha value is -1.62. The smallest absolute Gasteiger partial charge is 0.193 e. The van der Waals surface area contributed by atoms with Crippen molar-refractivity contribution in [2.75, 3.05) is 40.4 Å². The maximum Gasteiger partial charge on any atom is 0.193 e. The molecule has 2 rings (SSSR count). The summed E-state index contributed by atoms with van der Waals surface area (Å²) in [5, 5.41) is 3.44. The molecule has 1 aliphatic rings. The predicted molar refractivity (Wildman–Crippen MR) is 92.3 cm³/mol. The summed E-state index contributed by atoms with van der Waals surface area (Å²) >= 11 is 0.